The van der Waals surface area contributed by atoms with Gasteiger partial charge in [0.2, 0.25) is 0 Å². The van der Waals surface area contributed by atoms with Gasteiger partial charge >= 0.3 is 12.0 Å². The molecule has 0 saturated carbocycles. The van der Waals surface area contributed by atoms with Crippen molar-refractivity contribution < 1.29 is 9.21 Å². The van der Waals surface area contributed by atoms with E-state index in [2.05, 4.69) is 16.4 Å². The Kier molecular flexibility index (Phi) is 3.72. The van der Waals surface area contributed by atoms with Crippen LogP contribution in [0.25, 0.3) is 10.2 Å². The Labute approximate surface area is 143 Å². The highest BCUT2D eigenvalue weighted by Gasteiger charge is 2.33. The molecule has 4 rings (SSSR count). The summed E-state index contributed by atoms with van der Waals surface area (Å²) in [6.45, 7) is 4.40. The van der Waals surface area contributed by atoms with Crippen LogP contribution in [0.4, 0.5) is 10.8 Å². The molecule has 0 bridgehead atoms. The Morgan fingerprint density at radius 2 is 2.17 bits per heavy atom. The summed E-state index contributed by atoms with van der Waals surface area (Å²) in [6, 6.07) is 8.15. The van der Waals surface area contributed by atoms with Crippen molar-refractivity contribution in [3.63, 3.8) is 0 Å². The third-order valence-electron chi connectivity index (χ3n) is 4.35. The summed E-state index contributed by atoms with van der Waals surface area (Å²) in [5.41, 5.74) is 1.78. The molecular formula is C17H18N4O2S. The molecule has 3 heterocycles. The number of aromatic nitrogens is 2. The van der Waals surface area contributed by atoms with Gasteiger partial charge in [0.05, 0.1) is 22.0 Å². The van der Waals surface area contributed by atoms with Gasteiger partial charge in [0.25, 0.3) is 0 Å². The molecule has 124 valence electrons. The quantitative estimate of drug-likeness (QED) is 0.755. The summed E-state index contributed by atoms with van der Waals surface area (Å²) >= 11 is 1.66. The molecule has 0 aliphatic carbocycles. The molecule has 0 radical (unpaired) electrons. The van der Waals surface area contributed by atoms with Gasteiger partial charge in [-0.05, 0) is 38.8 Å². The van der Waals surface area contributed by atoms with Gasteiger partial charge in [-0.2, -0.15) is 4.98 Å². The standard InChI is InChI=1S/C17H18N4O2S/c1-10-11(2)23-16(18-10)20-17(22)21-9-5-7-13(21)15-19-12-6-3-4-8-14(12)24-15/h3-4,6,8,13H,5,7,9H2,1-2H3,(H,18,20,22)/t13-/m1/s1. The molecule has 24 heavy (non-hydrogen) atoms. The topological polar surface area (TPSA) is 71.3 Å². The molecule has 1 N–H and O–H groups in total. The second-order valence-electron chi connectivity index (χ2n) is 5.96. The van der Waals surface area contributed by atoms with E-state index in [4.69, 9.17) is 9.40 Å². The number of rotatable bonds is 2. The second kappa shape index (κ2) is 5.90. The number of nitrogens with zero attached hydrogens (tertiary/aromatic N) is 3. The summed E-state index contributed by atoms with van der Waals surface area (Å²) in [7, 11) is 0. The number of aryl methyl sites for hydroxylation is 2. The smallest absolute Gasteiger partial charge is 0.326 e. The number of hydrogen-bond acceptors (Lipinski definition) is 5. The van der Waals surface area contributed by atoms with E-state index in [9.17, 15) is 4.79 Å². The van der Waals surface area contributed by atoms with E-state index < -0.39 is 0 Å². The lowest BCUT2D eigenvalue weighted by atomic mass is 10.2. The van der Waals surface area contributed by atoms with Crippen molar-refractivity contribution >= 4 is 33.6 Å². The number of hydrogen-bond donors (Lipinski definition) is 1. The molecular weight excluding hydrogens is 324 g/mol. The van der Waals surface area contributed by atoms with Crippen molar-refractivity contribution in [3.8, 4) is 0 Å². The van der Waals surface area contributed by atoms with Gasteiger partial charge in [-0.25, -0.2) is 9.78 Å². The SMILES string of the molecule is Cc1nc(NC(=O)N2CCC[C@@H]2c2nc3ccccc3s2)oc1C. The zero-order chi connectivity index (χ0) is 16.7. The van der Waals surface area contributed by atoms with Gasteiger partial charge < -0.3 is 9.32 Å². The second-order valence-corrected chi connectivity index (χ2v) is 7.02. The Bertz CT molecular complexity index is 849. The third kappa shape index (κ3) is 2.65. The average molecular weight is 342 g/mol. The summed E-state index contributed by atoms with van der Waals surface area (Å²) in [6.07, 6.45) is 1.90. The molecule has 1 fully saturated rings. The van der Waals surface area contributed by atoms with Crippen molar-refractivity contribution in [1.82, 2.24) is 14.9 Å². The fraction of sp³-hybridized carbons (Fsp3) is 0.353. The van der Waals surface area contributed by atoms with E-state index in [0.717, 1.165) is 39.5 Å². The van der Waals surface area contributed by atoms with Crippen LogP contribution in [0.3, 0.4) is 0 Å². The number of nitrogens with one attached hydrogen (secondary N) is 1. The van der Waals surface area contributed by atoms with Crippen LogP contribution >= 0.6 is 11.3 Å². The number of fused-ring (bicyclic) bond motifs is 1. The molecule has 3 aromatic rings. The molecule has 2 amide bonds. The van der Waals surface area contributed by atoms with Crippen molar-refractivity contribution in [3.05, 3.63) is 40.7 Å². The minimum absolute atomic E-state index is 0.0135. The third-order valence-corrected chi connectivity index (χ3v) is 5.49. The van der Waals surface area contributed by atoms with Gasteiger partial charge in [0.15, 0.2) is 0 Å². The number of carbonyl (C=O) groups is 1. The maximum Gasteiger partial charge on any atom is 0.326 e. The first-order valence-corrected chi connectivity index (χ1v) is 8.80. The van der Waals surface area contributed by atoms with Crippen LogP contribution in [0.1, 0.15) is 35.3 Å². The maximum atomic E-state index is 12.6. The molecule has 7 heteroatoms. The van der Waals surface area contributed by atoms with E-state index in [0.29, 0.717) is 6.54 Å². The number of urea groups is 1. The lowest BCUT2D eigenvalue weighted by Crippen LogP contribution is -2.34. The normalized spacial score (nSPS) is 17.6. The highest BCUT2D eigenvalue weighted by molar-refractivity contribution is 7.18. The van der Waals surface area contributed by atoms with E-state index >= 15 is 0 Å². The molecule has 1 aliphatic heterocycles. The highest BCUT2D eigenvalue weighted by Crippen LogP contribution is 2.36. The first kappa shape index (κ1) is 15.1. The number of amides is 2. The molecule has 2 aromatic heterocycles. The van der Waals surface area contributed by atoms with E-state index in [1.165, 1.54) is 0 Å². The van der Waals surface area contributed by atoms with Crippen LogP contribution in [0.15, 0.2) is 28.7 Å². The monoisotopic (exact) mass is 342 g/mol. The number of likely N-dealkylation sites (tertiary alicyclic amines) is 1. The van der Waals surface area contributed by atoms with Crippen LogP contribution in [-0.4, -0.2) is 27.4 Å². The minimum atomic E-state index is -0.182. The van der Waals surface area contributed by atoms with Crippen LogP contribution in [0.2, 0.25) is 0 Å². The average Bonchev–Trinajstić information content (AvgIpc) is 3.26. The zero-order valence-electron chi connectivity index (χ0n) is 13.6. The molecule has 1 aliphatic rings. The molecule has 1 atom stereocenters. The summed E-state index contributed by atoms with van der Waals surface area (Å²) < 4.78 is 6.60. The van der Waals surface area contributed by atoms with Crippen LogP contribution < -0.4 is 5.32 Å². The first-order chi connectivity index (χ1) is 11.6. The lowest BCUT2D eigenvalue weighted by Gasteiger charge is -2.22. The maximum absolute atomic E-state index is 12.6. The summed E-state index contributed by atoms with van der Waals surface area (Å²) in [4.78, 5) is 23.4. The number of para-hydroxylation sites is 1. The minimum Gasteiger partial charge on any atom is -0.428 e. The van der Waals surface area contributed by atoms with E-state index in [1.807, 2.05) is 36.9 Å². The number of benzene rings is 1. The van der Waals surface area contributed by atoms with Crippen LogP contribution in [0.5, 0.6) is 0 Å². The van der Waals surface area contributed by atoms with Crippen molar-refractivity contribution in [2.24, 2.45) is 0 Å². The number of oxazole rings is 1. The zero-order valence-corrected chi connectivity index (χ0v) is 14.4. The van der Waals surface area contributed by atoms with Gasteiger partial charge in [-0.15, -0.1) is 11.3 Å². The Morgan fingerprint density at radius 1 is 1.33 bits per heavy atom. The number of carbonyl (C=O) groups excluding carboxylic acids is 1. The summed E-state index contributed by atoms with van der Waals surface area (Å²) in [5, 5.41) is 3.75. The van der Waals surface area contributed by atoms with Gasteiger partial charge in [0.1, 0.15) is 10.8 Å². The molecule has 1 aromatic carbocycles. The van der Waals surface area contributed by atoms with E-state index in [1.54, 1.807) is 11.3 Å². The van der Waals surface area contributed by atoms with E-state index in [-0.39, 0.29) is 18.1 Å². The highest BCUT2D eigenvalue weighted by atomic mass is 32.1. The number of thiazole rings is 1. The van der Waals surface area contributed by atoms with Gasteiger partial charge in [-0.3, -0.25) is 5.32 Å². The molecule has 0 spiro atoms. The van der Waals surface area contributed by atoms with Crippen molar-refractivity contribution in [1.29, 1.82) is 0 Å². The van der Waals surface area contributed by atoms with Crippen LogP contribution in [0, 0.1) is 13.8 Å². The van der Waals surface area contributed by atoms with Crippen LogP contribution in [-0.2, 0) is 0 Å². The fourth-order valence-electron chi connectivity index (χ4n) is 2.99. The molecule has 1 saturated heterocycles. The first-order valence-electron chi connectivity index (χ1n) is 7.99. The lowest BCUT2D eigenvalue weighted by molar-refractivity contribution is 0.206. The number of anilines is 1. The predicted molar refractivity (Wildman–Crippen MR) is 93.3 cm³/mol. The molecule has 6 nitrogen and oxygen atoms in total. The predicted octanol–water partition coefficient (Wildman–Crippen LogP) is 4.27. The van der Waals surface area contributed by atoms with Crippen molar-refractivity contribution in [2.75, 3.05) is 11.9 Å². The Morgan fingerprint density at radius 3 is 2.92 bits per heavy atom. The molecule has 0 unspecified atom stereocenters. The van der Waals surface area contributed by atoms with Gasteiger partial charge in [0, 0.05) is 6.54 Å². The van der Waals surface area contributed by atoms with Crippen molar-refractivity contribution in [2.45, 2.75) is 32.7 Å². The largest absolute Gasteiger partial charge is 0.428 e. The van der Waals surface area contributed by atoms with Gasteiger partial charge in [-0.1, -0.05) is 12.1 Å². The Hall–Kier alpha value is -2.41. The summed E-state index contributed by atoms with van der Waals surface area (Å²) in [5.74, 6) is 0.717. The Balaban J connectivity index is 1.56. The fourth-order valence-corrected chi connectivity index (χ4v) is 4.10.